The second-order valence-electron chi connectivity index (χ2n) is 5.30. The SMILES string of the molecule is COC(=O)C1(NC2CCCCC2)CCNCC1. The van der Waals surface area contributed by atoms with Crippen LogP contribution in [0.15, 0.2) is 0 Å². The molecular weight excluding hydrogens is 216 g/mol. The van der Waals surface area contributed by atoms with Gasteiger partial charge in [0.1, 0.15) is 5.54 Å². The maximum Gasteiger partial charge on any atom is 0.326 e. The smallest absolute Gasteiger partial charge is 0.326 e. The highest BCUT2D eigenvalue weighted by atomic mass is 16.5. The molecule has 0 atom stereocenters. The maximum absolute atomic E-state index is 12.1. The molecule has 0 unspecified atom stereocenters. The molecule has 2 aliphatic rings. The minimum Gasteiger partial charge on any atom is -0.468 e. The number of carbonyl (C=O) groups excluding carboxylic acids is 1. The van der Waals surface area contributed by atoms with Crippen molar-refractivity contribution in [1.82, 2.24) is 10.6 Å². The predicted molar refractivity (Wildman–Crippen MR) is 66.9 cm³/mol. The third-order valence-electron chi connectivity index (χ3n) is 4.12. The van der Waals surface area contributed by atoms with Gasteiger partial charge in [0.15, 0.2) is 0 Å². The van der Waals surface area contributed by atoms with Crippen LogP contribution in [0.1, 0.15) is 44.9 Å². The lowest BCUT2D eigenvalue weighted by Gasteiger charge is -2.39. The van der Waals surface area contributed by atoms with Crippen molar-refractivity contribution in [3.8, 4) is 0 Å². The van der Waals surface area contributed by atoms with Crippen LogP contribution in [0.3, 0.4) is 0 Å². The molecule has 4 heteroatoms. The average molecular weight is 240 g/mol. The molecule has 2 fully saturated rings. The van der Waals surface area contributed by atoms with Gasteiger partial charge in [-0.2, -0.15) is 0 Å². The number of carbonyl (C=O) groups is 1. The molecule has 1 saturated heterocycles. The molecule has 2 rings (SSSR count). The van der Waals surface area contributed by atoms with E-state index in [0.29, 0.717) is 6.04 Å². The summed E-state index contributed by atoms with van der Waals surface area (Å²) < 4.78 is 5.01. The van der Waals surface area contributed by atoms with Crippen molar-refractivity contribution in [3.63, 3.8) is 0 Å². The van der Waals surface area contributed by atoms with Crippen LogP contribution in [0.25, 0.3) is 0 Å². The van der Waals surface area contributed by atoms with E-state index in [1.165, 1.54) is 39.2 Å². The first-order valence-electron chi connectivity index (χ1n) is 6.84. The third-order valence-corrected chi connectivity index (χ3v) is 4.12. The van der Waals surface area contributed by atoms with Crippen molar-refractivity contribution >= 4 is 5.97 Å². The van der Waals surface area contributed by atoms with Crippen LogP contribution in [0.5, 0.6) is 0 Å². The monoisotopic (exact) mass is 240 g/mol. The second kappa shape index (κ2) is 5.83. The van der Waals surface area contributed by atoms with E-state index in [0.717, 1.165) is 25.9 Å². The molecule has 2 N–H and O–H groups in total. The molecule has 0 aromatic carbocycles. The van der Waals surface area contributed by atoms with Gasteiger partial charge < -0.3 is 10.1 Å². The van der Waals surface area contributed by atoms with Crippen molar-refractivity contribution in [2.24, 2.45) is 0 Å². The Balaban J connectivity index is 2.01. The molecule has 4 nitrogen and oxygen atoms in total. The van der Waals surface area contributed by atoms with Gasteiger partial charge in [0.25, 0.3) is 0 Å². The number of hydrogen-bond donors (Lipinski definition) is 2. The third kappa shape index (κ3) is 2.99. The van der Waals surface area contributed by atoms with E-state index in [-0.39, 0.29) is 5.97 Å². The fraction of sp³-hybridized carbons (Fsp3) is 0.923. The lowest BCUT2D eigenvalue weighted by molar-refractivity contribution is -0.150. The number of esters is 1. The summed E-state index contributed by atoms with van der Waals surface area (Å²) in [5, 5.41) is 6.92. The number of nitrogens with one attached hydrogen (secondary N) is 2. The fourth-order valence-corrected chi connectivity index (χ4v) is 3.09. The minimum absolute atomic E-state index is 0.0791. The van der Waals surface area contributed by atoms with Crippen molar-refractivity contribution in [1.29, 1.82) is 0 Å². The Kier molecular flexibility index (Phi) is 4.40. The summed E-state index contributed by atoms with van der Waals surface area (Å²) in [5.74, 6) is -0.0791. The van der Waals surface area contributed by atoms with Crippen LogP contribution in [0.2, 0.25) is 0 Å². The fourth-order valence-electron chi connectivity index (χ4n) is 3.09. The Morgan fingerprint density at radius 1 is 1.24 bits per heavy atom. The number of methoxy groups -OCH3 is 1. The van der Waals surface area contributed by atoms with E-state index < -0.39 is 5.54 Å². The van der Waals surface area contributed by atoms with E-state index in [2.05, 4.69) is 10.6 Å². The first-order valence-corrected chi connectivity index (χ1v) is 6.84. The van der Waals surface area contributed by atoms with Gasteiger partial charge >= 0.3 is 5.97 Å². The molecule has 0 radical (unpaired) electrons. The largest absolute Gasteiger partial charge is 0.468 e. The molecule has 17 heavy (non-hydrogen) atoms. The molecule has 1 saturated carbocycles. The quantitative estimate of drug-likeness (QED) is 0.728. The Morgan fingerprint density at radius 3 is 2.47 bits per heavy atom. The zero-order valence-corrected chi connectivity index (χ0v) is 10.8. The lowest BCUT2D eigenvalue weighted by atomic mass is 9.85. The zero-order valence-electron chi connectivity index (χ0n) is 10.8. The van der Waals surface area contributed by atoms with Crippen LogP contribution in [0.4, 0.5) is 0 Å². The molecule has 0 amide bonds. The van der Waals surface area contributed by atoms with Gasteiger partial charge in [-0.05, 0) is 38.8 Å². The highest BCUT2D eigenvalue weighted by Crippen LogP contribution is 2.25. The van der Waals surface area contributed by atoms with Crippen molar-refractivity contribution in [2.45, 2.75) is 56.5 Å². The van der Waals surface area contributed by atoms with E-state index >= 15 is 0 Å². The number of piperidine rings is 1. The van der Waals surface area contributed by atoms with Crippen molar-refractivity contribution < 1.29 is 9.53 Å². The van der Waals surface area contributed by atoms with Gasteiger partial charge in [-0.25, -0.2) is 0 Å². The minimum atomic E-state index is -0.429. The van der Waals surface area contributed by atoms with Crippen molar-refractivity contribution in [3.05, 3.63) is 0 Å². The Morgan fingerprint density at radius 2 is 1.88 bits per heavy atom. The summed E-state index contributed by atoms with van der Waals surface area (Å²) in [6.45, 7) is 1.80. The lowest BCUT2D eigenvalue weighted by Crippen LogP contribution is -2.61. The first kappa shape index (κ1) is 12.8. The van der Waals surface area contributed by atoms with Crippen LogP contribution in [-0.4, -0.2) is 37.7 Å². The molecule has 1 heterocycles. The molecule has 1 aliphatic carbocycles. The normalized spacial score (nSPS) is 25.5. The molecule has 0 aromatic heterocycles. The Bertz CT molecular complexity index is 256. The summed E-state index contributed by atoms with van der Waals surface area (Å²) in [4.78, 5) is 12.1. The highest BCUT2D eigenvalue weighted by Gasteiger charge is 2.42. The number of ether oxygens (including phenoxy) is 1. The maximum atomic E-state index is 12.1. The van der Waals surface area contributed by atoms with E-state index in [1.54, 1.807) is 0 Å². The predicted octanol–water partition coefficient (Wildman–Crippen LogP) is 1.20. The summed E-state index contributed by atoms with van der Waals surface area (Å²) in [5.41, 5.74) is -0.429. The summed E-state index contributed by atoms with van der Waals surface area (Å²) >= 11 is 0. The van der Waals surface area contributed by atoms with Crippen LogP contribution in [0, 0.1) is 0 Å². The van der Waals surface area contributed by atoms with Gasteiger partial charge in [0.2, 0.25) is 0 Å². The van der Waals surface area contributed by atoms with Crippen LogP contribution < -0.4 is 10.6 Å². The average Bonchev–Trinajstić information content (AvgIpc) is 2.40. The van der Waals surface area contributed by atoms with E-state index in [4.69, 9.17) is 4.74 Å². The highest BCUT2D eigenvalue weighted by molar-refractivity contribution is 5.81. The van der Waals surface area contributed by atoms with Crippen molar-refractivity contribution in [2.75, 3.05) is 20.2 Å². The zero-order chi connectivity index (χ0) is 12.1. The molecule has 1 aliphatic heterocycles. The van der Waals surface area contributed by atoms with E-state index in [1.807, 2.05) is 0 Å². The molecule has 0 spiro atoms. The standard InChI is InChI=1S/C13H24N2O2/c1-17-12(16)13(7-9-14-10-8-13)15-11-5-3-2-4-6-11/h11,14-15H,2-10H2,1H3. The van der Waals surface area contributed by atoms with E-state index in [9.17, 15) is 4.79 Å². The Labute approximate surface area is 103 Å². The topological polar surface area (TPSA) is 50.4 Å². The van der Waals surface area contributed by atoms with Gasteiger partial charge in [-0.15, -0.1) is 0 Å². The summed E-state index contributed by atoms with van der Waals surface area (Å²) in [7, 11) is 1.49. The molecule has 0 bridgehead atoms. The molecule has 0 aromatic rings. The molecular formula is C13H24N2O2. The number of hydrogen-bond acceptors (Lipinski definition) is 4. The first-order chi connectivity index (χ1) is 8.27. The van der Waals surface area contributed by atoms with Crippen LogP contribution >= 0.6 is 0 Å². The number of rotatable bonds is 3. The van der Waals surface area contributed by atoms with Gasteiger partial charge in [-0.3, -0.25) is 10.1 Å². The summed E-state index contributed by atoms with van der Waals surface area (Å²) in [6.07, 6.45) is 8.00. The van der Waals surface area contributed by atoms with Gasteiger partial charge in [-0.1, -0.05) is 19.3 Å². The van der Waals surface area contributed by atoms with Gasteiger partial charge in [0.05, 0.1) is 7.11 Å². The summed E-state index contributed by atoms with van der Waals surface area (Å²) in [6, 6.07) is 0.501. The Hall–Kier alpha value is -0.610. The second-order valence-corrected chi connectivity index (χ2v) is 5.30. The van der Waals surface area contributed by atoms with Gasteiger partial charge in [0, 0.05) is 6.04 Å². The molecule has 98 valence electrons. The van der Waals surface area contributed by atoms with Crippen LogP contribution in [-0.2, 0) is 9.53 Å².